The Kier molecular flexibility index (Phi) is 3.65. The third-order valence-corrected chi connectivity index (χ3v) is 3.61. The quantitative estimate of drug-likeness (QED) is 0.773. The number of carboxylic acids is 1. The molecule has 0 radical (unpaired) electrons. The van der Waals surface area contributed by atoms with E-state index < -0.39 is 5.97 Å². The molecule has 3 rings (SSSR count). The zero-order valence-corrected chi connectivity index (χ0v) is 12.4. The summed E-state index contributed by atoms with van der Waals surface area (Å²) in [6.07, 6.45) is 0. The van der Waals surface area contributed by atoms with E-state index in [-0.39, 0.29) is 5.69 Å². The second-order valence-electron chi connectivity index (χ2n) is 5.21. The number of benzene rings is 2. The molecule has 5 heteroatoms. The Bertz CT molecular complexity index is 918. The first-order chi connectivity index (χ1) is 11.1. The van der Waals surface area contributed by atoms with Crippen molar-refractivity contribution in [2.75, 3.05) is 0 Å². The fraction of sp³-hybridized carbons (Fsp3) is 0.0556. The number of nitriles is 1. The highest BCUT2D eigenvalue weighted by Crippen LogP contribution is 2.28. The van der Waals surface area contributed by atoms with E-state index in [0.717, 1.165) is 16.7 Å². The van der Waals surface area contributed by atoms with Gasteiger partial charge in [-0.1, -0.05) is 42.0 Å². The predicted octanol–water partition coefficient (Wildman–Crippen LogP) is 3.62. The molecule has 112 valence electrons. The minimum absolute atomic E-state index is 0.0149. The number of carboxylic acid groups (broad SMARTS) is 1. The zero-order valence-electron chi connectivity index (χ0n) is 12.4. The summed E-state index contributed by atoms with van der Waals surface area (Å²) in [6.45, 7) is 2.01. The van der Waals surface area contributed by atoms with Gasteiger partial charge >= 0.3 is 5.97 Å². The van der Waals surface area contributed by atoms with Crippen LogP contribution in [0.5, 0.6) is 0 Å². The molecule has 0 aliphatic carbocycles. The second kappa shape index (κ2) is 5.78. The number of hydrogen-bond donors (Lipinski definition) is 2. The highest BCUT2D eigenvalue weighted by molar-refractivity contribution is 5.87. The van der Waals surface area contributed by atoms with Crippen molar-refractivity contribution in [3.8, 4) is 28.5 Å². The summed E-state index contributed by atoms with van der Waals surface area (Å²) in [5.74, 6) is -1.07. The van der Waals surface area contributed by atoms with Gasteiger partial charge in [-0.05, 0) is 30.2 Å². The van der Waals surface area contributed by atoms with Gasteiger partial charge in [0.1, 0.15) is 5.69 Å². The van der Waals surface area contributed by atoms with Crippen molar-refractivity contribution >= 4 is 5.97 Å². The number of aryl methyl sites for hydroxylation is 1. The molecule has 0 unspecified atom stereocenters. The van der Waals surface area contributed by atoms with Gasteiger partial charge in [-0.3, -0.25) is 5.10 Å². The van der Waals surface area contributed by atoms with Crippen molar-refractivity contribution in [3.63, 3.8) is 0 Å². The number of H-pyrrole nitrogens is 1. The molecule has 5 nitrogen and oxygen atoms in total. The van der Waals surface area contributed by atoms with Gasteiger partial charge in [-0.15, -0.1) is 0 Å². The van der Waals surface area contributed by atoms with E-state index in [1.165, 1.54) is 6.07 Å². The van der Waals surface area contributed by atoms with E-state index in [1.54, 1.807) is 6.07 Å². The Hall–Kier alpha value is -3.39. The third-order valence-electron chi connectivity index (χ3n) is 3.61. The van der Waals surface area contributed by atoms with Gasteiger partial charge in [-0.2, -0.15) is 10.4 Å². The molecule has 0 spiro atoms. The smallest absolute Gasteiger partial charge is 0.353 e. The normalized spacial score (nSPS) is 10.3. The summed E-state index contributed by atoms with van der Waals surface area (Å²) in [7, 11) is 0. The summed E-state index contributed by atoms with van der Waals surface area (Å²) >= 11 is 0. The van der Waals surface area contributed by atoms with Crippen molar-refractivity contribution in [1.82, 2.24) is 10.2 Å². The Labute approximate surface area is 132 Å². The maximum absolute atomic E-state index is 10.9. The highest BCUT2D eigenvalue weighted by Gasteiger charge is 2.12. The van der Waals surface area contributed by atoms with E-state index in [0.29, 0.717) is 16.8 Å². The molecule has 1 heterocycles. The topological polar surface area (TPSA) is 89.8 Å². The number of aromatic carboxylic acids is 1. The minimum atomic E-state index is -1.07. The van der Waals surface area contributed by atoms with Crippen LogP contribution < -0.4 is 0 Å². The van der Waals surface area contributed by atoms with E-state index in [9.17, 15) is 10.1 Å². The van der Waals surface area contributed by atoms with Crippen molar-refractivity contribution in [3.05, 3.63) is 65.4 Å². The van der Waals surface area contributed by atoms with Crippen LogP contribution in [0.2, 0.25) is 0 Å². The molecule has 0 saturated carbocycles. The van der Waals surface area contributed by atoms with Crippen LogP contribution in [0.1, 0.15) is 21.6 Å². The number of aromatic amines is 1. The molecule has 0 fully saturated rings. The molecule has 0 saturated heterocycles. The van der Waals surface area contributed by atoms with Crippen LogP contribution in [0.25, 0.3) is 22.4 Å². The Balaban J connectivity index is 2.04. The van der Waals surface area contributed by atoms with Crippen LogP contribution in [0, 0.1) is 18.3 Å². The lowest BCUT2D eigenvalue weighted by Gasteiger charge is -2.06. The molecule has 2 aromatic carbocycles. The number of nitrogens with one attached hydrogen (secondary N) is 1. The van der Waals surface area contributed by atoms with Gasteiger partial charge in [0.25, 0.3) is 0 Å². The molecule has 0 atom stereocenters. The Morgan fingerprint density at radius 2 is 1.83 bits per heavy atom. The first kappa shape index (κ1) is 14.5. The Morgan fingerprint density at radius 3 is 2.43 bits per heavy atom. The molecule has 1 aromatic heterocycles. The second-order valence-corrected chi connectivity index (χ2v) is 5.21. The molecular weight excluding hydrogens is 290 g/mol. The molecule has 0 aliphatic rings. The monoisotopic (exact) mass is 303 g/mol. The molecule has 23 heavy (non-hydrogen) atoms. The average Bonchev–Trinajstić information content (AvgIpc) is 3.05. The Morgan fingerprint density at radius 1 is 1.13 bits per heavy atom. The zero-order chi connectivity index (χ0) is 16.4. The van der Waals surface area contributed by atoms with Gasteiger partial charge in [0.15, 0.2) is 0 Å². The number of nitrogens with zero attached hydrogens (tertiary/aromatic N) is 2. The molecule has 2 N–H and O–H groups in total. The summed E-state index contributed by atoms with van der Waals surface area (Å²) < 4.78 is 0. The average molecular weight is 303 g/mol. The van der Waals surface area contributed by atoms with Crippen LogP contribution in [0.4, 0.5) is 0 Å². The summed E-state index contributed by atoms with van der Waals surface area (Å²) in [6, 6.07) is 17.0. The summed E-state index contributed by atoms with van der Waals surface area (Å²) in [4.78, 5) is 10.9. The largest absolute Gasteiger partial charge is 0.477 e. The fourth-order valence-electron chi connectivity index (χ4n) is 2.36. The van der Waals surface area contributed by atoms with Gasteiger partial charge in [0, 0.05) is 5.56 Å². The molecule has 0 aliphatic heterocycles. The van der Waals surface area contributed by atoms with Crippen LogP contribution in [0.3, 0.4) is 0 Å². The maximum atomic E-state index is 10.9. The molecule has 0 amide bonds. The summed E-state index contributed by atoms with van der Waals surface area (Å²) in [5.41, 5.74) is 4.68. The fourth-order valence-corrected chi connectivity index (χ4v) is 2.36. The lowest BCUT2D eigenvalue weighted by Crippen LogP contribution is -1.95. The number of rotatable bonds is 3. The van der Waals surface area contributed by atoms with Gasteiger partial charge < -0.3 is 5.11 Å². The van der Waals surface area contributed by atoms with Crippen LogP contribution >= 0.6 is 0 Å². The van der Waals surface area contributed by atoms with Crippen molar-refractivity contribution in [1.29, 1.82) is 5.26 Å². The lowest BCUT2D eigenvalue weighted by atomic mass is 9.96. The first-order valence-electron chi connectivity index (χ1n) is 6.99. The van der Waals surface area contributed by atoms with Crippen molar-refractivity contribution in [2.24, 2.45) is 0 Å². The highest BCUT2D eigenvalue weighted by atomic mass is 16.4. The predicted molar refractivity (Wildman–Crippen MR) is 85.9 cm³/mol. The van der Waals surface area contributed by atoms with E-state index in [4.69, 9.17) is 5.11 Å². The van der Waals surface area contributed by atoms with Crippen LogP contribution in [0.15, 0.2) is 48.5 Å². The third kappa shape index (κ3) is 2.83. The van der Waals surface area contributed by atoms with Crippen LogP contribution in [-0.2, 0) is 0 Å². The van der Waals surface area contributed by atoms with Crippen molar-refractivity contribution in [2.45, 2.75) is 6.92 Å². The SMILES string of the molecule is Cc1ccc(-c2ccc(-c3cc(C(=O)O)[nH]n3)cc2C#N)cc1. The number of carbonyl (C=O) groups is 1. The lowest BCUT2D eigenvalue weighted by molar-refractivity contribution is 0.0690. The maximum Gasteiger partial charge on any atom is 0.353 e. The minimum Gasteiger partial charge on any atom is -0.477 e. The van der Waals surface area contributed by atoms with Crippen LogP contribution in [-0.4, -0.2) is 21.3 Å². The summed E-state index contributed by atoms with van der Waals surface area (Å²) in [5, 5.41) is 24.8. The standard InChI is InChI=1S/C18H13N3O2/c1-11-2-4-12(5-3-11)15-7-6-13(8-14(15)10-19)16-9-17(18(22)23)21-20-16/h2-9H,1H3,(H,20,21)(H,22,23). The number of aromatic nitrogens is 2. The number of hydrogen-bond acceptors (Lipinski definition) is 3. The van der Waals surface area contributed by atoms with E-state index in [1.807, 2.05) is 43.3 Å². The molecule has 0 bridgehead atoms. The van der Waals surface area contributed by atoms with E-state index in [2.05, 4.69) is 16.3 Å². The molecular formula is C18H13N3O2. The van der Waals surface area contributed by atoms with Gasteiger partial charge in [0.05, 0.1) is 17.3 Å². The van der Waals surface area contributed by atoms with Gasteiger partial charge in [-0.25, -0.2) is 4.79 Å². The first-order valence-corrected chi connectivity index (χ1v) is 6.99. The van der Waals surface area contributed by atoms with E-state index >= 15 is 0 Å². The van der Waals surface area contributed by atoms with Gasteiger partial charge in [0.2, 0.25) is 0 Å². The molecule has 3 aromatic rings. The van der Waals surface area contributed by atoms with Crippen molar-refractivity contribution < 1.29 is 9.90 Å².